The normalized spacial score (nSPS) is 10.4. The lowest BCUT2D eigenvalue weighted by molar-refractivity contribution is 0.0691. The van der Waals surface area contributed by atoms with E-state index in [9.17, 15) is 9.59 Å². The number of thiazole rings is 1. The fourth-order valence-electron chi connectivity index (χ4n) is 1.63. The summed E-state index contributed by atoms with van der Waals surface area (Å²) >= 11 is 1.28. The maximum atomic E-state index is 11.9. The first-order valence-electron chi connectivity index (χ1n) is 6.86. The van der Waals surface area contributed by atoms with Gasteiger partial charge in [0.1, 0.15) is 0 Å². The number of carbonyl (C=O) groups excluding carboxylic acids is 1. The summed E-state index contributed by atoms with van der Waals surface area (Å²) in [5, 5.41) is 13.8. The summed E-state index contributed by atoms with van der Waals surface area (Å²) in [6.07, 6.45) is 0.521. The third kappa shape index (κ3) is 6.09. The van der Waals surface area contributed by atoms with E-state index < -0.39 is 5.97 Å². The molecule has 1 aromatic heterocycles. The van der Waals surface area contributed by atoms with Gasteiger partial charge in [0.05, 0.1) is 11.6 Å². The number of urea groups is 1. The largest absolute Gasteiger partial charge is 0.476 e. The minimum Gasteiger partial charge on any atom is -0.476 e. The van der Waals surface area contributed by atoms with Crippen molar-refractivity contribution >= 4 is 23.3 Å². The summed E-state index contributed by atoms with van der Waals surface area (Å²) in [7, 11) is 0. The van der Waals surface area contributed by atoms with Crippen LogP contribution >= 0.6 is 11.3 Å². The molecule has 21 heavy (non-hydrogen) atoms. The van der Waals surface area contributed by atoms with Gasteiger partial charge in [0.15, 0.2) is 5.69 Å². The minimum atomic E-state index is -1.03. The van der Waals surface area contributed by atoms with Gasteiger partial charge >= 0.3 is 12.0 Å². The number of aromatic carboxylic acids is 1. The first-order chi connectivity index (χ1) is 10.1. The van der Waals surface area contributed by atoms with Crippen LogP contribution in [0.2, 0.25) is 0 Å². The topological polar surface area (TPSA) is 91.8 Å². The molecule has 0 aliphatic rings. The molecule has 7 nitrogen and oxygen atoms in total. The van der Waals surface area contributed by atoms with Crippen molar-refractivity contribution in [3.63, 3.8) is 0 Å². The molecule has 0 bridgehead atoms. The lowest BCUT2D eigenvalue weighted by Gasteiger charge is -2.21. The highest BCUT2D eigenvalue weighted by molar-refractivity contribution is 7.09. The summed E-state index contributed by atoms with van der Waals surface area (Å²) in [4.78, 5) is 28.3. The molecule has 0 saturated heterocycles. The van der Waals surface area contributed by atoms with Crippen LogP contribution in [-0.4, -0.2) is 59.8 Å². The number of nitrogens with zero attached hydrogens (tertiary/aromatic N) is 2. The number of aromatic nitrogens is 1. The van der Waals surface area contributed by atoms with E-state index in [0.717, 1.165) is 0 Å². The van der Waals surface area contributed by atoms with Gasteiger partial charge in [-0.25, -0.2) is 14.6 Å². The van der Waals surface area contributed by atoms with Crippen LogP contribution < -0.4 is 5.32 Å². The average molecular weight is 315 g/mol. The molecule has 0 radical (unpaired) electrons. The lowest BCUT2D eigenvalue weighted by atomic mass is 10.4. The zero-order chi connectivity index (χ0) is 15.7. The van der Waals surface area contributed by atoms with Gasteiger partial charge in [-0.1, -0.05) is 0 Å². The Labute approximate surface area is 127 Å². The molecule has 0 aromatic carbocycles. The van der Waals surface area contributed by atoms with E-state index in [4.69, 9.17) is 9.84 Å². The Morgan fingerprint density at radius 1 is 1.48 bits per heavy atom. The number of carboxylic acid groups (broad SMARTS) is 1. The van der Waals surface area contributed by atoms with Crippen LogP contribution in [0.4, 0.5) is 4.79 Å². The van der Waals surface area contributed by atoms with Crippen LogP contribution in [0.25, 0.3) is 0 Å². The Hall–Kier alpha value is -1.67. The molecule has 8 heteroatoms. The van der Waals surface area contributed by atoms with Crippen LogP contribution in [0.5, 0.6) is 0 Å². The standard InChI is InChI=1S/C13H21N3O4S/c1-3-16(7-8-20-4-2)13(19)14-6-5-11-15-10(9-21-11)12(17)18/h9H,3-8H2,1-2H3,(H,14,19)(H,17,18). The van der Waals surface area contributed by atoms with Gasteiger partial charge in [0.25, 0.3) is 0 Å². The number of hydrogen-bond acceptors (Lipinski definition) is 5. The predicted octanol–water partition coefficient (Wildman–Crippen LogP) is 1.45. The predicted molar refractivity (Wildman–Crippen MR) is 79.9 cm³/mol. The molecule has 118 valence electrons. The third-order valence-corrected chi connectivity index (χ3v) is 3.67. The molecule has 1 heterocycles. The van der Waals surface area contributed by atoms with Crippen molar-refractivity contribution in [2.45, 2.75) is 20.3 Å². The first-order valence-corrected chi connectivity index (χ1v) is 7.74. The number of ether oxygens (including phenoxy) is 1. The fraction of sp³-hybridized carbons (Fsp3) is 0.615. The molecule has 0 saturated carbocycles. The molecule has 2 N–H and O–H groups in total. The molecule has 2 amide bonds. The van der Waals surface area contributed by atoms with Crippen molar-refractivity contribution in [2.24, 2.45) is 0 Å². The van der Waals surface area contributed by atoms with E-state index in [1.165, 1.54) is 16.7 Å². The molecule has 0 atom stereocenters. The molecular weight excluding hydrogens is 294 g/mol. The fourth-order valence-corrected chi connectivity index (χ4v) is 2.41. The van der Waals surface area contributed by atoms with Gasteiger partial charge < -0.3 is 20.1 Å². The van der Waals surface area contributed by atoms with Gasteiger partial charge in [-0.2, -0.15) is 0 Å². The highest BCUT2D eigenvalue weighted by Gasteiger charge is 2.12. The molecular formula is C13H21N3O4S. The number of nitrogens with one attached hydrogen (secondary N) is 1. The van der Waals surface area contributed by atoms with Crippen molar-refractivity contribution in [3.05, 3.63) is 16.1 Å². The third-order valence-electron chi connectivity index (χ3n) is 2.76. The Kier molecular flexibility index (Phi) is 7.70. The highest BCUT2D eigenvalue weighted by atomic mass is 32.1. The Balaban J connectivity index is 2.32. The Morgan fingerprint density at radius 3 is 2.81 bits per heavy atom. The van der Waals surface area contributed by atoms with Crippen molar-refractivity contribution in [1.82, 2.24) is 15.2 Å². The second-order valence-corrected chi connectivity index (χ2v) is 5.13. The van der Waals surface area contributed by atoms with Crippen LogP contribution in [0.3, 0.4) is 0 Å². The molecule has 0 fully saturated rings. The van der Waals surface area contributed by atoms with Crippen LogP contribution in [0.15, 0.2) is 5.38 Å². The number of amides is 2. The minimum absolute atomic E-state index is 0.0493. The van der Waals surface area contributed by atoms with Crippen molar-refractivity contribution in [2.75, 3.05) is 32.8 Å². The van der Waals surface area contributed by atoms with Gasteiger partial charge in [-0.05, 0) is 13.8 Å². The van der Waals surface area contributed by atoms with Crippen molar-refractivity contribution in [1.29, 1.82) is 0 Å². The van der Waals surface area contributed by atoms with Gasteiger partial charge in [0, 0.05) is 38.0 Å². The molecule has 0 spiro atoms. The summed E-state index contributed by atoms with van der Waals surface area (Å²) in [5.41, 5.74) is 0.0493. The monoisotopic (exact) mass is 315 g/mol. The Morgan fingerprint density at radius 2 is 2.24 bits per heavy atom. The number of carbonyl (C=O) groups is 2. The lowest BCUT2D eigenvalue weighted by Crippen LogP contribution is -2.42. The van der Waals surface area contributed by atoms with Gasteiger partial charge in [0.2, 0.25) is 0 Å². The molecule has 1 rings (SSSR count). The van der Waals surface area contributed by atoms with E-state index in [2.05, 4.69) is 10.3 Å². The highest BCUT2D eigenvalue weighted by Crippen LogP contribution is 2.09. The SMILES string of the molecule is CCOCCN(CC)C(=O)NCCc1nc(C(=O)O)cs1. The second kappa shape index (κ2) is 9.30. The summed E-state index contributed by atoms with van der Waals surface area (Å²) in [6, 6.07) is -0.146. The van der Waals surface area contributed by atoms with Gasteiger partial charge in [-0.3, -0.25) is 0 Å². The molecule has 1 aromatic rings. The number of hydrogen-bond donors (Lipinski definition) is 2. The molecule has 0 aliphatic carbocycles. The number of rotatable bonds is 9. The van der Waals surface area contributed by atoms with Crippen LogP contribution in [0.1, 0.15) is 29.3 Å². The maximum Gasteiger partial charge on any atom is 0.355 e. The number of likely N-dealkylation sites (N-methyl/N-ethyl adjacent to an activating group) is 1. The van der Waals surface area contributed by atoms with E-state index in [0.29, 0.717) is 44.3 Å². The van der Waals surface area contributed by atoms with E-state index >= 15 is 0 Å². The zero-order valence-electron chi connectivity index (χ0n) is 12.3. The van der Waals surface area contributed by atoms with E-state index in [1.807, 2.05) is 13.8 Å². The van der Waals surface area contributed by atoms with Gasteiger partial charge in [-0.15, -0.1) is 11.3 Å². The zero-order valence-corrected chi connectivity index (χ0v) is 13.1. The van der Waals surface area contributed by atoms with E-state index in [-0.39, 0.29) is 11.7 Å². The quantitative estimate of drug-likeness (QED) is 0.673. The summed E-state index contributed by atoms with van der Waals surface area (Å²) in [6.45, 7) is 6.56. The number of carboxylic acids is 1. The molecule has 0 unspecified atom stereocenters. The maximum absolute atomic E-state index is 11.9. The second-order valence-electron chi connectivity index (χ2n) is 4.19. The Bertz CT molecular complexity index is 464. The van der Waals surface area contributed by atoms with Crippen molar-refractivity contribution in [3.8, 4) is 0 Å². The average Bonchev–Trinajstić information content (AvgIpc) is 2.92. The first kappa shape index (κ1) is 17.4. The van der Waals surface area contributed by atoms with E-state index in [1.54, 1.807) is 4.90 Å². The van der Waals surface area contributed by atoms with Crippen LogP contribution in [0, 0.1) is 0 Å². The van der Waals surface area contributed by atoms with Crippen LogP contribution in [-0.2, 0) is 11.2 Å². The smallest absolute Gasteiger partial charge is 0.355 e. The summed E-state index contributed by atoms with van der Waals surface area (Å²) < 4.78 is 5.23. The molecule has 0 aliphatic heterocycles. The summed E-state index contributed by atoms with van der Waals surface area (Å²) in [5.74, 6) is -1.03. The van der Waals surface area contributed by atoms with Crippen molar-refractivity contribution < 1.29 is 19.4 Å².